The van der Waals surface area contributed by atoms with E-state index in [-0.39, 0.29) is 0 Å². The maximum absolute atomic E-state index is 9.93. The molecule has 0 aliphatic heterocycles. The third-order valence-corrected chi connectivity index (χ3v) is 5.43. The topological polar surface area (TPSA) is 45.9 Å². The zero-order chi connectivity index (χ0) is 18.7. The average Bonchev–Trinajstić information content (AvgIpc) is 2.66. The Morgan fingerprint density at radius 2 is 2.00 bits per heavy atom. The van der Waals surface area contributed by atoms with E-state index >= 15 is 0 Å². The molecule has 3 nitrogen and oxygen atoms in total. The number of ether oxygens (including phenoxy) is 1. The van der Waals surface area contributed by atoms with E-state index < -0.39 is 5.41 Å². The molecule has 26 heavy (non-hydrogen) atoms. The molecule has 0 spiro atoms. The number of hydrogen-bond acceptors (Lipinski definition) is 3. The number of nitriles is 1. The fourth-order valence-electron chi connectivity index (χ4n) is 3.23. The third-order valence-electron chi connectivity index (χ3n) is 4.76. The van der Waals surface area contributed by atoms with Crippen LogP contribution < -0.4 is 4.74 Å². The van der Waals surface area contributed by atoms with Crippen molar-refractivity contribution in [3.05, 3.63) is 68.8 Å². The smallest absolute Gasteiger partial charge is 0.216 e. The van der Waals surface area contributed by atoms with Gasteiger partial charge in [0.1, 0.15) is 0 Å². The predicted octanol–water partition coefficient (Wildman–Crippen LogP) is 5.43. The minimum absolute atomic E-state index is 0.614. The maximum Gasteiger partial charge on any atom is 0.216 e. The van der Waals surface area contributed by atoms with Crippen molar-refractivity contribution in [2.45, 2.75) is 32.1 Å². The van der Waals surface area contributed by atoms with Crippen molar-refractivity contribution in [2.75, 3.05) is 7.11 Å². The first-order valence-corrected chi connectivity index (χ1v) is 9.71. The third kappa shape index (κ3) is 3.68. The summed E-state index contributed by atoms with van der Waals surface area (Å²) in [7, 11) is 1.65. The molecule has 0 saturated heterocycles. The van der Waals surface area contributed by atoms with E-state index in [4.69, 9.17) is 4.74 Å². The minimum Gasteiger partial charge on any atom is -0.481 e. The van der Waals surface area contributed by atoms with Gasteiger partial charge in [-0.05, 0) is 77.7 Å². The highest BCUT2D eigenvalue weighted by molar-refractivity contribution is 14.1. The summed E-state index contributed by atoms with van der Waals surface area (Å²) >= 11 is 2.30. The minimum atomic E-state index is -0.614. The summed E-state index contributed by atoms with van der Waals surface area (Å²) in [6.07, 6.45) is 1.53. The molecule has 1 aromatic heterocycles. The van der Waals surface area contributed by atoms with E-state index in [9.17, 15) is 5.26 Å². The van der Waals surface area contributed by atoms with E-state index in [2.05, 4.69) is 70.9 Å². The number of aryl methyl sites for hydroxylation is 1. The molecule has 3 aromatic rings. The summed E-state index contributed by atoms with van der Waals surface area (Å²) in [4.78, 5) is 4.66. The number of aromatic nitrogens is 1. The first kappa shape index (κ1) is 18.7. The summed E-state index contributed by atoms with van der Waals surface area (Å²) in [5, 5.41) is 11.0. The molecule has 0 amide bonds. The largest absolute Gasteiger partial charge is 0.481 e. The van der Waals surface area contributed by atoms with Crippen LogP contribution in [0.25, 0.3) is 10.9 Å². The lowest BCUT2D eigenvalue weighted by atomic mass is 9.78. The fourth-order valence-corrected chi connectivity index (χ4v) is 3.84. The number of methoxy groups -OCH3 is 1. The van der Waals surface area contributed by atoms with Crippen LogP contribution in [0, 0.1) is 14.9 Å². The van der Waals surface area contributed by atoms with Gasteiger partial charge in [0.25, 0.3) is 0 Å². The van der Waals surface area contributed by atoms with Crippen molar-refractivity contribution in [3.63, 3.8) is 0 Å². The first-order valence-electron chi connectivity index (χ1n) is 8.63. The van der Waals surface area contributed by atoms with Gasteiger partial charge in [0, 0.05) is 14.5 Å². The summed E-state index contributed by atoms with van der Waals surface area (Å²) in [5.74, 6) is 0.661. The number of nitrogens with zero attached hydrogens (tertiary/aromatic N) is 2. The molecule has 0 aliphatic rings. The molecule has 0 bridgehead atoms. The molecule has 4 heteroatoms. The molecule has 0 N–H and O–H groups in total. The molecule has 2 aromatic carbocycles. The molecule has 132 valence electrons. The Hall–Kier alpha value is -2.13. The normalized spacial score (nSPS) is 13.2. The van der Waals surface area contributed by atoms with E-state index in [1.165, 1.54) is 3.57 Å². The van der Waals surface area contributed by atoms with E-state index in [1.54, 1.807) is 7.11 Å². The van der Waals surface area contributed by atoms with Crippen molar-refractivity contribution in [1.82, 2.24) is 4.98 Å². The molecular weight excluding hydrogens is 435 g/mol. The lowest BCUT2D eigenvalue weighted by Crippen LogP contribution is -2.23. The van der Waals surface area contributed by atoms with E-state index in [0.717, 1.165) is 34.0 Å². The second-order valence-corrected chi connectivity index (χ2v) is 7.91. The summed E-state index contributed by atoms with van der Waals surface area (Å²) in [6.45, 7) is 4.08. The molecule has 0 aliphatic carbocycles. The van der Waals surface area contributed by atoms with E-state index in [1.807, 2.05) is 25.1 Å². The van der Waals surface area contributed by atoms with Crippen LogP contribution in [0.15, 0.2) is 48.5 Å². The van der Waals surface area contributed by atoms with Crippen LogP contribution in [0.3, 0.4) is 0 Å². The van der Waals surface area contributed by atoms with Gasteiger partial charge in [-0.3, -0.25) is 0 Å². The Morgan fingerprint density at radius 1 is 1.19 bits per heavy atom. The van der Waals surface area contributed by atoms with Gasteiger partial charge in [-0.15, -0.1) is 0 Å². The molecule has 1 unspecified atom stereocenters. The molecule has 0 radical (unpaired) electrons. The second-order valence-electron chi connectivity index (χ2n) is 6.67. The monoisotopic (exact) mass is 456 g/mol. The molecule has 1 atom stereocenters. The van der Waals surface area contributed by atoms with Crippen LogP contribution in [0.2, 0.25) is 0 Å². The molecule has 0 saturated carbocycles. The molecule has 1 heterocycles. The summed E-state index contributed by atoms with van der Waals surface area (Å²) < 4.78 is 6.61. The Bertz CT molecular complexity index is 993. The number of pyridine rings is 1. The lowest BCUT2D eigenvalue weighted by Gasteiger charge is -2.23. The van der Waals surface area contributed by atoms with Crippen LogP contribution in [0.5, 0.6) is 5.88 Å². The van der Waals surface area contributed by atoms with Gasteiger partial charge in [-0.1, -0.05) is 31.2 Å². The summed E-state index contributed by atoms with van der Waals surface area (Å²) in [6, 6.07) is 19.1. The Kier molecular flexibility index (Phi) is 5.47. The SMILES string of the molecule is CCc1cc2ccc(C(C)(C#N)Cc3cccc(I)c3)cc2nc1OC. The van der Waals surface area contributed by atoms with Gasteiger partial charge in [0.2, 0.25) is 5.88 Å². The van der Waals surface area contributed by atoms with Crippen LogP contribution in [0.4, 0.5) is 0 Å². The van der Waals surface area contributed by atoms with Crippen molar-refractivity contribution >= 4 is 33.5 Å². The maximum atomic E-state index is 9.93. The second kappa shape index (κ2) is 7.63. The Balaban J connectivity index is 2.05. The fraction of sp³-hybridized carbons (Fsp3) is 0.273. The molecular formula is C22H21IN2O. The first-order chi connectivity index (χ1) is 12.5. The predicted molar refractivity (Wildman–Crippen MR) is 114 cm³/mol. The van der Waals surface area contributed by atoms with Crippen molar-refractivity contribution < 1.29 is 4.74 Å². The highest BCUT2D eigenvalue weighted by Crippen LogP contribution is 2.31. The number of fused-ring (bicyclic) bond motifs is 1. The highest BCUT2D eigenvalue weighted by Gasteiger charge is 2.27. The van der Waals surface area contributed by atoms with Crippen molar-refractivity contribution in [3.8, 4) is 11.9 Å². The zero-order valence-electron chi connectivity index (χ0n) is 15.2. The Morgan fingerprint density at radius 3 is 2.65 bits per heavy atom. The number of benzene rings is 2. The van der Waals surface area contributed by atoms with Crippen LogP contribution in [-0.2, 0) is 18.3 Å². The number of rotatable bonds is 5. The van der Waals surface area contributed by atoms with Crippen molar-refractivity contribution in [2.24, 2.45) is 0 Å². The van der Waals surface area contributed by atoms with Gasteiger partial charge in [0.05, 0.1) is 24.1 Å². The number of halogens is 1. The van der Waals surface area contributed by atoms with Gasteiger partial charge >= 0.3 is 0 Å². The van der Waals surface area contributed by atoms with Crippen LogP contribution >= 0.6 is 22.6 Å². The lowest BCUT2D eigenvalue weighted by molar-refractivity contribution is 0.395. The Labute approximate surface area is 168 Å². The van der Waals surface area contributed by atoms with E-state index in [0.29, 0.717) is 12.3 Å². The van der Waals surface area contributed by atoms with Gasteiger partial charge < -0.3 is 4.74 Å². The number of hydrogen-bond donors (Lipinski definition) is 0. The van der Waals surface area contributed by atoms with Gasteiger partial charge in [-0.2, -0.15) is 5.26 Å². The van der Waals surface area contributed by atoms with Gasteiger partial charge in [-0.25, -0.2) is 4.98 Å². The average molecular weight is 456 g/mol. The molecule has 0 fully saturated rings. The highest BCUT2D eigenvalue weighted by atomic mass is 127. The van der Waals surface area contributed by atoms with Crippen LogP contribution in [-0.4, -0.2) is 12.1 Å². The molecule has 3 rings (SSSR count). The standard InChI is InChI=1S/C22H21IN2O/c1-4-16-11-17-8-9-18(12-20(17)25-21(16)26-3)22(2,14-24)13-15-6-5-7-19(23)10-15/h5-12H,4,13H2,1-3H3. The zero-order valence-corrected chi connectivity index (χ0v) is 17.4. The van der Waals surface area contributed by atoms with Crippen LogP contribution in [0.1, 0.15) is 30.5 Å². The van der Waals surface area contributed by atoms with Gasteiger partial charge in [0.15, 0.2) is 0 Å². The van der Waals surface area contributed by atoms with Crippen molar-refractivity contribution in [1.29, 1.82) is 5.26 Å². The summed E-state index contributed by atoms with van der Waals surface area (Å²) in [5.41, 5.74) is 3.48. The quantitative estimate of drug-likeness (QED) is 0.481.